The van der Waals surface area contributed by atoms with E-state index in [1.54, 1.807) is 0 Å². The van der Waals surface area contributed by atoms with Gasteiger partial charge < -0.3 is 4.89 Å². The van der Waals surface area contributed by atoms with Crippen LogP contribution in [0.3, 0.4) is 0 Å². The monoisotopic (exact) mass is 430 g/mol. The molecule has 0 aromatic heterocycles. The summed E-state index contributed by atoms with van der Waals surface area (Å²) in [7, 11) is 0. The molecule has 2 amide bonds. The van der Waals surface area contributed by atoms with Gasteiger partial charge in [0, 0.05) is 18.2 Å². The number of carbonyl (C=O) groups excluding carboxylic acids is 2. The zero-order valence-corrected chi connectivity index (χ0v) is 15.2. The molecule has 0 aliphatic heterocycles. The number of hydrogen-bond acceptors (Lipinski definition) is 9. The summed E-state index contributed by atoms with van der Waals surface area (Å²) in [5.41, 5.74) is 9.22. The minimum atomic E-state index is -1.07. The molecule has 0 heterocycles. The van der Waals surface area contributed by atoms with Gasteiger partial charge in [0.1, 0.15) is 0 Å². The first kappa shape index (κ1) is 21.0. The number of hydrazine groups is 2. The molecule has 0 unspecified atom stereocenters. The summed E-state index contributed by atoms with van der Waals surface area (Å²) in [6.45, 7) is 0. The van der Waals surface area contributed by atoms with Crippen LogP contribution >= 0.6 is 23.2 Å². The number of rotatable bonds is 7. The van der Waals surface area contributed by atoms with Gasteiger partial charge in [-0.1, -0.05) is 28.2 Å². The summed E-state index contributed by atoms with van der Waals surface area (Å²) in [6.07, 6.45) is 0. The summed E-state index contributed by atoms with van der Waals surface area (Å²) >= 11 is 11.8. The summed E-state index contributed by atoms with van der Waals surface area (Å²) in [4.78, 5) is 42.2. The number of non-ortho nitro benzene ring substituents is 1. The SMILES string of the molecule is NOOc1ccc(NNC(=O)C(=O)NNc2ccc([N+](=O)[O-])cc2Cl)c(Cl)c1. The topological polar surface area (TPSA) is 170 Å². The second-order valence-electron chi connectivity index (χ2n) is 4.90. The molecule has 12 nitrogen and oxygen atoms in total. The van der Waals surface area contributed by atoms with Crippen molar-refractivity contribution in [1.29, 1.82) is 0 Å². The van der Waals surface area contributed by atoms with Crippen molar-refractivity contribution >= 4 is 52.1 Å². The Labute approximate surface area is 166 Å². The predicted molar refractivity (Wildman–Crippen MR) is 99.0 cm³/mol. The molecule has 0 aliphatic rings. The third-order valence-corrected chi connectivity index (χ3v) is 3.70. The van der Waals surface area contributed by atoms with Gasteiger partial charge in [0.25, 0.3) is 5.69 Å². The van der Waals surface area contributed by atoms with Gasteiger partial charge in [0.2, 0.25) is 0 Å². The fourth-order valence-corrected chi connectivity index (χ4v) is 2.23. The van der Waals surface area contributed by atoms with E-state index in [0.717, 1.165) is 6.07 Å². The fourth-order valence-electron chi connectivity index (χ4n) is 1.79. The van der Waals surface area contributed by atoms with Crippen LogP contribution in [0.1, 0.15) is 0 Å². The first-order chi connectivity index (χ1) is 13.3. The normalized spacial score (nSPS) is 9.96. The molecule has 148 valence electrons. The van der Waals surface area contributed by atoms with Crippen LogP contribution in [0.5, 0.6) is 5.75 Å². The van der Waals surface area contributed by atoms with Gasteiger partial charge in [0.15, 0.2) is 5.75 Å². The number of nitro benzene ring substituents is 1. The highest BCUT2D eigenvalue weighted by Crippen LogP contribution is 2.27. The van der Waals surface area contributed by atoms with E-state index in [1.807, 2.05) is 0 Å². The maximum absolute atomic E-state index is 11.8. The highest BCUT2D eigenvalue weighted by molar-refractivity contribution is 6.36. The summed E-state index contributed by atoms with van der Waals surface area (Å²) < 4.78 is 0. The van der Waals surface area contributed by atoms with Crippen molar-refractivity contribution in [2.24, 2.45) is 5.90 Å². The van der Waals surface area contributed by atoms with E-state index in [-0.39, 0.29) is 32.9 Å². The summed E-state index contributed by atoms with van der Waals surface area (Å²) in [6, 6.07) is 7.75. The van der Waals surface area contributed by atoms with E-state index in [2.05, 4.69) is 31.6 Å². The Bertz CT molecular complexity index is 912. The minimum Gasteiger partial charge on any atom is -0.320 e. The number of nitro groups is 1. The Morgan fingerprint density at radius 2 is 1.50 bits per heavy atom. The predicted octanol–water partition coefficient (Wildman–Crippen LogP) is 1.67. The Balaban J connectivity index is 1.88. The van der Waals surface area contributed by atoms with Gasteiger partial charge in [-0.3, -0.25) is 41.4 Å². The third kappa shape index (κ3) is 5.59. The van der Waals surface area contributed by atoms with Crippen LogP contribution in [0.2, 0.25) is 10.0 Å². The summed E-state index contributed by atoms with van der Waals surface area (Å²) in [5.74, 6) is 2.83. The van der Waals surface area contributed by atoms with Crippen molar-refractivity contribution in [1.82, 2.24) is 10.9 Å². The standard InChI is InChI=1S/C14H12Cl2N6O6/c15-9-5-7(22(25)26)1-3-11(9)18-20-13(23)14(24)21-19-12-4-2-8(27-28-17)6-10(12)16/h1-6,18-19H,17H2,(H,20,23)(H,21,24). The Morgan fingerprint density at radius 3 is 1.96 bits per heavy atom. The number of nitrogens with one attached hydrogen (secondary N) is 4. The number of nitrogens with two attached hydrogens (primary N) is 1. The molecule has 6 N–H and O–H groups in total. The second kappa shape index (κ2) is 9.57. The van der Waals surface area contributed by atoms with E-state index >= 15 is 0 Å². The number of carbonyl (C=O) groups is 2. The van der Waals surface area contributed by atoms with Crippen LogP contribution in [-0.2, 0) is 14.6 Å². The van der Waals surface area contributed by atoms with Crippen molar-refractivity contribution < 1.29 is 24.4 Å². The first-order valence-corrected chi connectivity index (χ1v) is 7.96. The molecule has 0 saturated carbocycles. The van der Waals surface area contributed by atoms with Crippen molar-refractivity contribution in [2.75, 3.05) is 10.9 Å². The maximum Gasteiger partial charge on any atom is 0.329 e. The van der Waals surface area contributed by atoms with Crippen LogP contribution in [0, 0.1) is 10.1 Å². The van der Waals surface area contributed by atoms with Crippen molar-refractivity contribution in [3.63, 3.8) is 0 Å². The van der Waals surface area contributed by atoms with Crippen LogP contribution < -0.4 is 32.5 Å². The van der Waals surface area contributed by atoms with Gasteiger partial charge in [0.05, 0.1) is 26.3 Å². The Morgan fingerprint density at radius 1 is 0.964 bits per heavy atom. The van der Waals surface area contributed by atoms with Gasteiger partial charge in [-0.05, 0) is 18.2 Å². The van der Waals surface area contributed by atoms with E-state index in [1.165, 1.54) is 30.3 Å². The Hall–Kier alpha value is -3.32. The molecule has 0 radical (unpaired) electrons. The van der Waals surface area contributed by atoms with Gasteiger partial charge >= 0.3 is 11.8 Å². The van der Waals surface area contributed by atoms with Gasteiger partial charge in [-0.25, -0.2) is 0 Å². The lowest BCUT2D eigenvalue weighted by molar-refractivity contribution is -0.384. The van der Waals surface area contributed by atoms with E-state index in [4.69, 9.17) is 29.1 Å². The van der Waals surface area contributed by atoms with Crippen molar-refractivity contribution in [2.45, 2.75) is 0 Å². The molecule has 0 spiro atoms. The average Bonchev–Trinajstić information content (AvgIpc) is 2.66. The maximum atomic E-state index is 11.8. The lowest BCUT2D eigenvalue weighted by Gasteiger charge is -2.12. The molecular weight excluding hydrogens is 419 g/mol. The van der Waals surface area contributed by atoms with Crippen molar-refractivity contribution in [3.8, 4) is 5.75 Å². The second-order valence-corrected chi connectivity index (χ2v) is 5.72. The van der Waals surface area contributed by atoms with Crippen molar-refractivity contribution in [3.05, 3.63) is 56.6 Å². The van der Waals surface area contributed by atoms with E-state index < -0.39 is 16.7 Å². The Kier molecular flexibility index (Phi) is 7.17. The quantitative estimate of drug-likeness (QED) is 0.189. The van der Waals surface area contributed by atoms with Crippen LogP contribution in [0.15, 0.2) is 36.4 Å². The minimum absolute atomic E-state index is 0.0245. The number of anilines is 2. The molecule has 2 aromatic rings. The van der Waals surface area contributed by atoms with Crippen LogP contribution in [-0.4, -0.2) is 16.7 Å². The molecule has 28 heavy (non-hydrogen) atoms. The summed E-state index contributed by atoms with van der Waals surface area (Å²) in [5, 5.41) is 10.8. The molecule has 2 aromatic carbocycles. The molecule has 0 aliphatic carbocycles. The van der Waals surface area contributed by atoms with E-state index in [0.29, 0.717) is 0 Å². The lowest BCUT2D eigenvalue weighted by Crippen LogP contribution is -2.44. The molecule has 0 fully saturated rings. The molecule has 14 heteroatoms. The zero-order valence-electron chi connectivity index (χ0n) is 13.7. The fraction of sp³-hybridized carbons (Fsp3) is 0. The van der Waals surface area contributed by atoms with Crippen LogP contribution in [0.4, 0.5) is 17.1 Å². The number of amides is 2. The molecule has 0 atom stereocenters. The molecule has 0 bridgehead atoms. The highest BCUT2D eigenvalue weighted by atomic mass is 35.5. The largest absolute Gasteiger partial charge is 0.329 e. The molecule has 0 saturated heterocycles. The third-order valence-electron chi connectivity index (χ3n) is 3.08. The van der Waals surface area contributed by atoms with Gasteiger partial charge in [-0.2, -0.15) is 5.90 Å². The van der Waals surface area contributed by atoms with Gasteiger partial charge in [-0.15, -0.1) is 0 Å². The number of hydrogen-bond donors (Lipinski definition) is 5. The zero-order chi connectivity index (χ0) is 20.7. The number of halogens is 2. The van der Waals surface area contributed by atoms with Crippen LogP contribution in [0.25, 0.3) is 0 Å². The lowest BCUT2D eigenvalue weighted by atomic mass is 10.3. The van der Waals surface area contributed by atoms with E-state index in [9.17, 15) is 19.7 Å². The number of benzene rings is 2. The highest BCUT2D eigenvalue weighted by Gasteiger charge is 2.15. The molecule has 2 rings (SSSR count). The molecular formula is C14H12Cl2N6O6. The smallest absolute Gasteiger partial charge is 0.320 e. The average molecular weight is 431 g/mol. The first-order valence-electron chi connectivity index (χ1n) is 7.21. The number of nitrogens with zero attached hydrogens (tertiary/aromatic N) is 1.